The summed E-state index contributed by atoms with van der Waals surface area (Å²) in [4.78, 5) is 0. The van der Waals surface area contributed by atoms with Gasteiger partial charge < -0.3 is 10.6 Å². The summed E-state index contributed by atoms with van der Waals surface area (Å²) in [6, 6.07) is 27.9. The Bertz CT molecular complexity index is 698. The maximum atomic E-state index is 3.58. The van der Waals surface area contributed by atoms with E-state index in [2.05, 4.69) is 83.4 Å². The molecule has 3 aromatic rings. The van der Waals surface area contributed by atoms with Crippen LogP contribution in [0, 0.1) is 0 Å². The molecular weight excluding hydrogens is 268 g/mol. The Morgan fingerprint density at radius 1 is 0.591 bits per heavy atom. The third-order valence-corrected chi connectivity index (χ3v) is 4.07. The molecule has 2 N–H and O–H groups in total. The van der Waals surface area contributed by atoms with Crippen LogP contribution in [0.15, 0.2) is 78.9 Å². The molecule has 0 saturated carbocycles. The largest absolute Gasteiger partial charge is 0.362 e. The molecule has 0 fully saturated rings. The van der Waals surface area contributed by atoms with E-state index in [4.69, 9.17) is 0 Å². The van der Waals surface area contributed by atoms with Crippen LogP contribution in [0.2, 0.25) is 0 Å². The Labute approximate surface area is 130 Å². The predicted molar refractivity (Wildman–Crippen MR) is 92.1 cm³/mol. The topological polar surface area (TPSA) is 24.1 Å². The van der Waals surface area contributed by atoms with E-state index in [9.17, 15) is 0 Å². The summed E-state index contributed by atoms with van der Waals surface area (Å²) >= 11 is 0. The summed E-state index contributed by atoms with van der Waals surface area (Å²) in [6.07, 6.45) is 1.01. The van der Waals surface area contributed by atoms with Crippen LogP contribution >= 0.6 is 0 Å². The van der Waals surface area contributed by atoms with Crippen molar-refractivity contribution in [3.05, 3.63) is 95.6 Å². The molecule has 0 aliphatic carbocycles. The molecule has 22 heavy (non-hydrogen) atoms. The van der Waals surface area contributed by atoms with Crippen LogP contribution in [0.25, 0.3) is 0 Å². The Morgan fingerprint density at radius 3 is 1.59 bits per heavy atom. The van der Waals surface area contributed by atoms with E-state index in [0.29, 0.717) is 0 Å². The average Bonchev–Trinajstić information content (AvgIpc) is 2.56. The van der Waals surface area contributed by atoms with Crippen molar-refractivity contribution in [1.82, 2.24) is 0 Å². The minimum atomic E-state index is 0.0392. The first kappa shape index (κ1) is 13.0. The highest BCUT2D eigenvalue weighted by Crippen LogP contribution is 2.25. The standard InChI is InChI=1S/C20H18N2/c1-2-4-17(5-3-1)20-21-18-10-6-15(7-11-18)14-16-8-12-19(22-20)13-9-16/h1-13,20-22H,14H2. The molecule has 0 amide bonds. The number of hydrogen-bond acceptors (Lipinski definition) is 2. The van der Waals surface area contributed by atoms with Gasteiger partial charge in [-0.1, -0.05) is 54.6 Å². The van der Waals surface area contributed by atoms with E-state index < -0.39 is 0 Å². The molecule has 0 spiro atoms. The van der Waals surface area contributed by atoms with Crippen molar-refractivity contribution in [2.24, 2.45) is 0 Å². The van der Waals surface area contributed by atoms with Crippen molar-refractivity contribution in [1.29, 1.82) is 0 Å². The summed E-state index contributed by atoms with van der Waals surface area (Å²) in [5, 5.41) is 7.16. The Hall–Kier alpha value is -2.74. The normalized spacial score (nSPS) is 13.8. The van der Waals surface area contributed by atoms with Gasteiger partial charge in [-0.05, 0) is 47.4 Å². The van der Waals surface area contributed by atoms with Gasteiger partial charge in [0.25, 0.3) is 0 Å². The van der Waals surface area contributed by atoms with Gasteiger partial charge in [0.1, 0.15) is 6.17 Å². The summed E-state index contributed by atoms with van der Waals surface area (Å²) in [5.74, 6) is 0. The minimum absolute atomic E-state index is 0.0392. The van der Waals surface area contributed by atoms with Gasteiger partial charge in [0.05, 0.1) is 0 Å². The molecule has 2 nitrogen and oxygen atoms in total. The molecule has 0 atom stereocenters. The SMILES string of the molecule is c1ccc(C2Nc3ccc(cc3)Cc3ccc(cc3)N2)cc1. The Balaban J connectivity index is 1.78. The molecule has 0 saturated heterocycles. The predicted octanol–water partition coefficient (Wildman–Crippen LogP) is 4.81. The van der Waals surface area contributed by atoms with Crippen LogP contribution in [-0.2, 0) is 6.42 Å². The molecule has 7 rings (SSSR count). The van der Waals surface area contributed by atoms with Crippen LogP contribution in [0.4, 0.5) is 11.4 Å². The summed E-state index contributed by atoms with van der Waals surface area (Å²) in [6.45, 7) is 0. The third kappa shape index (κ3) is 2.68. The summed E-state index contributed by atoms with van der Waals surface area (Å²) in [5.41, 5.74) is 6.14. The molecule has 0 radical (unpaired) electrons. The van der Waals surface area contributed by atoms with Crippen molar-refractivity contribution in [3.63, 3.8) is 0 Å². The molecule has 108 valence electrons. The van der Waals surface area contributed by atoms with Gasteiger partial charge in [0.15, 0.2) is 0 Å². The number of hydrogen-bond donors (Lipinski definition) is 2. The molecule has 4 heterocycles. The lowest BCUT2D eigenvalue weighted by molar-refractivity contribution is 0.901. The highest BCUT2D eigenvalue weighted by Gasteiger charge is 2.12. The second kappa shape index (κ2) is 5.57. The van der Waals surface area contributed by atoms with Crippen LogP contribution in [0.5, 0.6) is 0 Å². The van der Waals surface area contributed by atoms with Gasteiger partial charge >= 0.3 is 0 Å². The highest BCUT2D eigenvalue weighted by molar-refractivity contribution is 5.54. The summed E-state index contributed by atoms with van der Waals surface area (Å²) < 4.78 is 0. The zero-order chi connectivity index (χ0) is 14.8. The van der Waals surface area contributed by atoms with E-state index in [-0.39, 0.29) is 6.17 Å². The maximum absolute atomic E-state index is 3.58. The number of benzene rings is 3. The molecule has 2 heteroatoms. The van der Waals surface area contributed by atoms with E-state index in [1.165, 1.54) is 16.7 Å². The van der Waals surface area contributed by atoms with Crippen LogP contribution in [-0.4, -0.2) is 0 Å². The Morgan fingerprint density at radius 2 is 1.09 bits per heavy atom. The zero-order valence-corrected chi connectivity index (χ0v) is 12.3. The van der Waals surface area contributed by atoms with Crippen molar-refractivity contribution in [3.8, 4) is 0 Å². The number of rotatable bonds is 1. The zero-order valence-electron chi connectivity index (χ0n) is 12.3. The molecule has 3 aromatic carbocycles. The first-order valence-corrected chi connectivity index (χ1v) is 7.63. The molecule has 4 aliphatic rings. The fourth-order valence-corrected chi connectivity index (χ4v) is 2.85. The van der Waals surface area contributed by atoms with Gasteiger partial charge in [0, 0.05) is 11.4 Å². The van der Waals surface area contributed by atoms with Crippen LogP contribution < -0.4 is 10.6 Å². The van der Waals surface area contributed by atoms with Gasteiger partial charge in [-0.25, -0.2) is 0 Å². The highest BCUT2D eigenvalue weighted by atomic mass is 15.1. The average molecular weight is 286 g/mol. The van der Waals surface area contributed by atoms with Gasteiger partial charge in [-0.3, -0.25) is 0 Å². The Kier molecular flexibility index (Phi) is 3.28. The third-order valence-electron chi connectivity index (χ3n) is 4.07. The minimum Gasteiger partial charge on any atom is -0.362 e. The fourth-order valence-electron chi connectivity index (χ4n) is 2.85. The fraction of sp³-hybridized carbons (Fsp3) is 0.100. The monoisotopic (exact) mass is 286 g/mol. The summed E-state index contributed by atoms with van der Waals surface area (Å²) in [7, 11) is 0. The van der Waals surface area contributed by atoms with Crippen molar-refractivity contribution >= 4 is 11.4 Å². The molecule has 0 aromatic heterocycles. The molecule has 4 aliphatic heterocycles. The quantitative estimate of drug-likeness (QED) is 0.670. The molecular formula is C20H18N2. The second-order valence-electron chi connectivity index (χ2n) is 5.70. The lowest BCUT2D eigenvalue weighted by Gasteiger charge is -2.24. The lowest BCUT2D eigenvalue weighted by Crippen LogP contribution is -2.20. The maximum Gasteiger partial charge on any atom is 0.123 e. The van der Waals surface area contributed by atoms with Crippen molar-refractivity contribution < 1.29 is 0 Å². The van der Waals surface area contributed by atoms with Crippen molar-refractivity contribution in [2.75, 3.05) is 10.6 Å². The van der Waals surface area contributed by atoms with E-state index in [1.807, 2.05) is 6.07 Å². The van der Waals surface area contributed by atoms with Gasteiger partial charge in [-0.2, -0.15) is 0 Å². The first-order chi connectivity index (χ1) is 10.9. The molecule has 4 bridgehead atoms. The van der Waals surface area contributed by atoms with E-state index in [0.717, 1.165) is 17.8 Å². The second-order valence-corrected chi connectivity index (χ2v) is 5.70. The smallest absolute Gasteiger partial charge is 0.123 e. The number of anilines is 2. The van der Waals surface area contributed by atoms with E-state index >= 15 is 0 Å². The van der Waals surface area contributed by atoms with Crippen LogP contribution in [0.1, 0.15) is 22.9 Å². The number of nitrogens with one attached hydrogen (secondary N) is 2. The lowest BCUT2D eigenvalue weighted by atomic mass is 10.0. The van der Waals surface area contributed by atoms with E-state index in [1.54, 1.807) is 0 Å². The van der Waals surface area contributed by atoms with Gasteiger partial charge in [0.2, 0.25) is 0 Å². The van der Waals surface area contributed by atoms with Crippen molar-refractivity contribution in [2.45, 2.75) is 12.6 Å². The van der Waals surface area contributed by atoms with Crippen LogP contribution in [0.3, 0.4) is 0 Å². The first-order valence-electron chi connectivity index (χ1n) is 7.63. The van der Waals surface area contributed by atoms with Gasteiger partial charge in [-0.15, -0.1) is 0 Å². The molecule has 0 unspecified atom stereocenters.